The molecule has 1 aliphatic heterocycles. The van der Waals surface area contributed by atoms with Gasteiger partial charge in [0.05, 0.1) is 23.4 Å². The summed E-state index contributed by atoms with van der Waals surface area (Å²) in [7, 11) is 3.42. The highest BCUT2D eigenvalue weighted by molar-refractivity contribution is 6.11. The van der Waals surface area contributed by atoms with Crippen molar-refractivity contribution in [1.29, 1.82) is 0 Å². The van der Waals surface area contributed by atoms with Crippen LogP contribution in [0.25, 0.3) is 11.6 Å². The number of benzene rings is 1. The second-order valence-electron chi connectivity index (χ2n) is 6.76. The molecule has 0 saturated heterocycles. The zero-order valence-electron chi connectivity index (χ0n) is 16.8. The summed E-state index contributed by atoms with van der Waals surface area (Å²) in [6.07, 6.45) is 8.39. The van der Waals surface area contributed by atoms with Crippen LogP contribution in [0.3, 0.4) is 0 Å². The molecular weight excluding hydrogens is 367 g/mol. The molecule has 1 aromatic carbocycles. The zero-order chi connectivity index (χ0) is 21.0. The fourth-order valence-electron chi connectivity index (χ4n) is 3.35. The van der Waals surface area contributed by atoms with Gasteiger partial charge in [-0.2, -0.15) is 0 Å². The maximum absolute atomic E-state index is 11.2. The van der Waals surface area contributed by atoms with Gasteiger partial charge in [0.25, 0.3) is 0 Å². The van der Waals surface area contributed by atoms with Gasteiger partial charge < -0.3 is 14.9 Å². The van der Waals surface area contributed by atoms with Gasteiger partial charge in [0.1, 0.15) is 0 Å². The Labute approximate surface area is 170 Å². The highest BCUT2D eigenvalue weighted by atomic mass is 16.6. The Kier molecular flexibility index (Phi) is 6.14. The molecule has 1 aromatic heterocycles. The number of nitrogens with zero attached hydrogens (tertiary/aromatic N) is 3. The Hall–Kier alpha value is -3.39. The quantitative estimate of drug-likeness (QED) is 0.447. The van der Waals surface area contributed by atoms with E-state index >= 15 is 0 Å². The van der Waals surface area contributed by atoms with E-state index in [1.54, 1.807) is 12.1 Å². The molecule has 1 aliphatic rings. The number of nitro groups is 1. The first-order chi connectivity index (χ1) is 13.9. The Morgan fingerprint density at radius 1 is 1.38 bits per heavy atom. The van der Waals surface area contributed by atoms with Crippen molar-refractivity contribution in [2.45, 2.75) is 13.3 Å². The molecule has 2 aromatic rings. The molecule has 8 heteroatoms. The summed E-state index contributed by atoms with van der Waals surface area (Å²) in [5.41, 5.74) is 11.5. The van der Waals surface area contributed by atoms with Gasteiger partial charge in [-0.3, -0.25) is 10.1 Å². The summed E-state index contributed by atoms with van der Waals surface area (Å²) in [5, 5.41) is 11.2. The van der Waals surface area contributed by atoms with Gasteiger partial charge >= 0.3 is 5.69 Å². The molecule has 0 aliphatic carbocycles. The van der Waals surface area contributed by atoms with Crippen LogP contribution in [0.2, 0.25) is 0 Å². The van der Waals surface area contributed by atoms with Gasteiger partial charge in [-0.15, -0.1) is 0 Å². The molecule has 7 nitrogen and oxygen atoms in total. The minimum Gasteiger partial charge on any atom is -0.490 e. The normalized spacial score (nSPS) is 15.4. The number of rotatable bonds is 7. The molecule has 0 spiro atoms. The van der Waals surface area contributed by atoms with Crippen molar-refractivity contribution >= 4 is 31.0 Å². The van der Waals surface area contributed by atoms with Crippen LogP contribution in [-0.4, -0.2) is 36.7 Å². The molecule has 148 valence electrons. The first-order valence-corrected chi connectivity index (χ1v) is 9.27. The zero-order valence-corrected chi connectivity index (χ0v) is 16.8. The van der Waals surface area contributed by atoms with Crippen LogP contribution in [0, 0.1) is 10.1 Å². The third-order valence-electron chi connectivity index (χ3n) is 4.76. The molecule has 0 fully saturated rings. The lowest BCUT2D eigenvalue weighted by molar-refractivity contribution is -0.385. The number of methoxy groups -OCH3 is 1. The van der Waals surface area contributed by atoms with Crippen molar-refractivity contribution in [2.75, 3.05) is 13.7 Å². The molecule has 0 radical (unpaired) electrons. The summed E-state index contributed by atoms with van der Waals surface area (Å²) in [5.74, 6) is 0.236. The minimum absolute atomic E-state index is 0.0655. The highest BCUT2D eigenvalue weighted by Gasteiger charge is 2.17. The van der Waals surface area contributed by atoms with Gasteiger partial charge in [-0.05, 0) is 67.6 Å². The van der Waals surface area contributed by atoms with E-state index in [0.29, 0.717) is 12.1 Å². The number of aromatic nitrogens is 1. The number of ether oxygens (including phenoxy) is 1. The number of hydrogen-bond donors (Lipinski definition) is 1. The van der Waals surface area contributed by atoms with Crippen LogP contribution in [0.1, 0.15) is 24.6 Å². The molecule has 2 heterocycles. The minimum atomic E-state index is -0.451. The third kappa shape index (κ3) is 4.38. The molecule has 0 bridgehead atoms. The summed E-state index contributed by atoms with van der Waals surface area (Å²) >= 11 is 0. The second kappa shape index (κ2) is 8.75. The second-order valence-corrected chi connectivity index (χ2v) is 6.76. The van der Waals surface area contributed by atoms with Gasteiger partial charge in [0.2, 0.25) is 7.98 Å². The van der Waals surface area contributed by atoms with Gasteiger partial charge in [-0.25, -0.2) is 4.99 Å². The van der Waals surface area contributed by atoms with E-state index in [0.717, 1.165) is 34.7 Å². The van der Waals surface area contributed by atoms with Crippen LogP contribution < -0.4 is 10.5 Å². The van der Waals surface area contributed by atoms with E-state index in [1.807, 2.05) is 45.4 Å². The molecule has 29 heavy (non-hydrogen) atoms. The fourth-order valence-corrected chi connectivity index (χ4v) is 3.35. The largest absolute Gasteiger partial charge is 0.490 e. The molecule has 0 amide bonds. The summed E-state index contributed by atoms with van der Waals surface area (Å²) in [6.45, 7) is 2.56. The average Bonchev–Trinajstić information content (AvgIpc) is 3.29. The van der Waals surface area contributed by atoms with Gasteiger partial charge in [0, 0.05) is 17.3 Å². The molecule has 0 unspecified atom stereocenters. The van der Waals surface area contributed by atoms with E-state index in [4.69, 9.17) is 15.5 Å². The monoisotopic (exact) mass is 390 g/mol. The number of allylic oxidation sites excluding steroid dienone is 3. The first kappa shape index (κ1) is 20.4. The number of nitro benzene ring substituents is 1. The maximum Gasteiger partial charge on any atom is 0.311 e. The molecular formula is C21H23BN4O3. The Morgan fingerprint density at radius 3 is 2.79 bits per heavy atom. The first-order valence-electron chi connectivity index (χ1n) is 9.27. The van der Waals surface area contributed by atoms with Crippen LogP contribution in [0.4, 0.5) is 5.69 Å². The molecule has 0 atom stereocenters. The van der Waals surface area contributed by atoms with Crippen molar-refractivity contribution in [3.8, 4) is 5.75 Å². The standard InChI is InChI=1S/C21H23BN4O3/c1-14-12-16(7-5-15-6-8-20(29-2)19(13-15)26(27)28)24-21(14)17(9-10-23)18-4-3-11-25(18)22/h3-8,11-13H,9-10,22-23H2,1-2H3/b7-5+,21-17-. The van der Waals surface area contributed by atoms with Crippen molar-refractivity contribution in [3.05, 3.63) is 81.3 Å². The predicted molar refractivity (Wildman–Crippen MR) is 119 cm³/mol. The smallest absolute Gasteiger partial charge is 0.311 e. The van der Waals surface area contributed by atoms with Gasteiger partial charge in [-0.1, -0.05) is 12.1 Å². The average molecular weight is 390 g/mol. The van der Waals surface area contributed by atoms with Gasteiger partial charge in [0.15, 0.2) is 5.75 Å². The van der Waals surface area contributed by atoms with E-state index in [1.165, 1.54) is 13.2 Å². The van der Waals surface area contributed by atoms with E-state index in [-0.39, 0.29) is 11.4 Å². The SMILES string of the molecule is Bn1cccc1/C(CCN)=C1N=C(/C=C/c2ccc(OC)c([N+](=O)[O-])c2)C=C\1C. The Bertz CT molecular complexity index is 1060. The lowest BCUT2D eigenvalue weighted by Crippen LogP contribution is -2.05. The highest BCUT2D eigenvalue weighted by Crippen LogP contribution is 2.31. The van der Waals surface area contributed by atoms with Crippen molar-refractivity contribution in [2.24, 2.45) is 10.7 Å². The topological polar surface area (TPSA) is 95.7 Å². The molecule has 2 N–H and O–H groups in total. The van der Waals surface area contributed by atoms with E-state index in [9.17, 15) is 10.1 Å². The van der Waals surface area contributed by atoms with Crippen LogP contribution in [0.5, 0.6) is 5.75 Å². The number of nitrogens with two attached hydrogens (primary N) is 1. The summed E-state index contributed by atoms with van der Waals surface area (Å²) in [6, 6.07) is 8.92. The number of aliphatic imine (C=N–C) groups is 1. The molecule has 0 saturated carbocycles. The lowest BCUT2D eigenvalue weighted by Gasteiger charge is -2.11. The molecule has 3 rings (SSSR count). The van der Waals surface area contributed by atoms with Crippen LogP contribution >= 0.6 is 0 Å². The summed E-state index contributed by atoms with van der Waals surface area (Å²) < 4.78 is 7.11. The van der Waals surface area contributed by atoms with E-state index in [2.05, 4.69) is 10.5 Å². The van der Waals surface area contributed by atoms with E-state index < -0.39 is 4.92 Å². The fraction of sp³-hybridized carbons (Fsp3) is 0.190. The lowest BCUT2D eigenvalue weighted by atomic mass is 10.0. The maximum atomic E-state index is 11.2. The number of hydrogen-bond acceptors (Lipinski definition) is 5. The van der Waals surface area contributed by atoms with Crippen molar-refractivity contribution in [1.82, 2.24) is 4.48 Å². The van der Waals surface area contributed by atoms with Crippen molar-refractivity contribution in [3.63, 3.8) is 0 Å². The van der Waals surface area contributed by atoms with Crippen molar-refractivity contribution < 1.29 is 9.66 Å². The third-order valence-corrected chi connectivity index (χ3v) is 4.76. The Morgan fingerprint density at radius 2 is 2.17 bits per heavy atom. The van der Waals surface area contributed by atoms with Crippen LogP contribution in [-0.2, 0) is 0 Å². The van der Waals surface area contributed by atoms with Crippen LogP contribution in [0.15, 0.2) is 64.9 Å². The summed E-state index contributed by atoms with van der Waals surface area (Å²) in [4.78, 5) is 15.5. The predicted octanol–water partition coefficient (Wildman–Crippen LogP) is 2.98. The Balaban J connectivity index is 1.94.